The maximum absolute atomic E-state index is 12.4. The lowest BCUT2D eigenvalue weighted by atomic mass is 9.53. The minimum atomic E-state index is -0.453. The van der Waals surface area contributed by atoms with E-state index in [1.54, 1.807) is 12.1 Å². The van der Waals surface area contributed by atoms with Crippen molar-refractivity contribution in [1.82, 2.24) is 4.90 Å². The molecule has 1 aromatic carbocycles. The summed E-state index contributed by atoms with van der Waals surface area (Å²) < 4.78 is 5.99. The van der Waals surface area contributed by atoms with Gasteiger partial charge in [0.2, 0.25) is 0 Å². The molecule has 0 aromatic heterocycles. The van der Waals surface area contributed by atoms with Crippen LogP contribution in [0.1, 0.15) is 17.5 Å². The van der Waals surface area contributed by atoms with Crippen LogP contribution in [-0.2, 0) is 16.6 Å². The fraction of sp³-hybridized carbons (Fsp3) is 0.471. The second kappa shape index (κ2) is 3.50. The number of piperidine rings is 1. The molecular formula is C17H17NO3. The van der Waals surface area contributed by atoms with E-state index in [9.17, 15) is 9.90 Å². The number of carbonyl (C=O) groups is 1. The molecule has 4 aliphatic rings. The third kappa shape index (κ3) is 1.16. The number of phenols is 1. The number of ether oxygens (including phenoxy) is 1. The molecule has 108 valence electrons. The average molecular weight is 283 g/mol. The van der Waals surface area contributed by atoms with Crippen molar-refractivity contribution < 1.29 is 14.6 Å². The Kier molecular flexibility index (Phi) is 1.97. The highest BCUT2D eigenvalue weighted by Gasteiger charge is 2.64. The third-order valence-electron chi connectivity index (χ3n) is 6.00. The number of likely N-dealkylation sites (N-methyl/N-ethyl adjacent to an activating group) is 1. The van der Waals surface area contributed by atoms with Crippen molar-refractivity contribution in [3.8, 4) is 11.5 Å². The van der Waals surface area contributed by atoms with E-state index >= 15 is 0 Å². The lowest BCUT2D eigenvalue weighted by Crippen LogP contribution is -2.64. The Morgan fingerprint density at radius 2 is 2.29 bits per heavy atom. The van der Waals surface area contributed by atoms with Gasteiger partial charge in [-0.25, -0.2) is 0 Å². The molecule has 4 heteroatoms. The van der Waals surface area contributed by atoms with Gasteiger partial charge in [0.1, 0.15) is 0 Å². The zero-order valence-corrected chi connectivity index (χ0v) is 11.9. The van der Waals surface area contributed by atoms with Gasteiger partial charge in [0, 0.05) is 17.5 Å². The Morgan fingerprint density at radius 3 is 3.14 bits per heavy atom. The van der Waals surface area contributed by atoms with E-state index in [-0.39, 0.29) is 16.9 Å². The Morgan fingerprint density at radius 1 is 1.43 bits per heavy atom. The highest BCUT2D eigenvalue weighted by Crippen LogP contribution is 2.61. The molecule has 1 N–H and O–H groups in total. The van der Waals surface area contributed by atoms with Crippen molar-refractivity contribution in [3.63, 3.8) is 0 Å². The molecule has 5 rings (SSSR count). The standard InChI is InChI=1S/C17H17NO3/c1-18-7-6-17-10-3-5-13(20)16(17)21-15-12(19)4-2-9(14(15)17)8-11(10)18/h2-5,10-11,16,19H,6-8H2,1H3/t10?,11?,16?,17-/m0/s1. The van der Waals surface area contributed by atoms with E-state index in [4.69, 9.17) is 4.74 Å². The maximum atomic E-state index is 12.4. The van der Waals surface area contributed by atoms with Crippen molar-refractivity contribution in [1.29, 1.82) is 0 Å². The van der Waals surface area contributed by atoms with Crippen LogP contribution in [0.2, 0.25) is 0 Å². The smallest absolute Gasteiger partial charge is 0.196 e. The largest absolute Gasteiger partial charge is 0.504 e. The molecule has 4 atom stereocenters. The number of ketones is 1. The summed E-state index contributed by atoms with van der Waals surface area (Å²) in [7, 11) is 2.17. The van der Waals surface area contributed by atoms with Gasteiger partial charge in [-0.3, -0.25) is 4.79 Å². The number of benzene rings is 1. The summed E-state index contributed by atoms with van der Waals surface area (Å²) in [5, 5.41) is 10.2. The number of rotatable bonds is 0. The number of hydrogen-bond acceptors (Lipinski definition) is 4. The minimum absolute atomic E-state index is 0.0398. The van der Waals surface area contributed by atoms with Crippen LogP contribution in [0.4, 0.5) is 0 Å². The fourth-order valence-corrected chi connectivity index (χ4v) is 5.08. The van der Waals surface area contributed by atoms with Crippen molar-refractivity contribution in [3.05, 3.63) is 35.4 Å². The van der Waals surface area contributed by atoms with Crippen molar-refractivity contribution in [2.45, 2.75) is 30.4 Å². The van der Waals surface area contributed by atoms with Gasteiger partial charge < -0.3 is 14.7 Å². The molecule has 1 spiro atoms. The van der Waals surface area contributed by atoms with Crippen LogP contribution in [0.15, 0.2) is 24.3 Å². The molecule has 2 bridgehead atoms. The molecule has 2 heterocycles. The van der Waals surface area contributed by atoms with Crippen LogP contribution < -0.4 is 4.74 Å². The molecule has 21 heavy (non-hydrogen) atoms. The van der Waals surface area contributed by atoms with Crippen molar-refractivity contribution >= 4 is 5.78 Å². The SMILES string of the molecule is CN1CC[C@]23c4c5ccc(O)c4OC2C(=O)C=CC3C1C5. The number of phenolic OH excluding ortho intramolecular Hbond substituents is 1. The van der Waals surface area contributed by atoms with Gasteiger partial charge in [0.15, 0.2) is 23.4 Å². The number of hydrogen-bond donors (Lipinski definition) is 1. The van der Waals surface area contributed by atoms with Crippen LogP contribution in [0.3, 0.4) is 0 Å². The third-order valence-corrected chi connectivity index (χ3v) is 6.00. The molecule has 0 saturated carbocycles. The summed E-state index contributed by atoms with van der Waals surface area (Å²) >= 11 is 0. The van der Waals surface area contributed by atoms with Gasteiger partial charge >= 0.3 is 0 Å². The van der Waals surface area contributed by atoms with Crippen LogP contribution in [0.5, 0.6) is 11.5 Å². The second-order valence-corrected chi connectivity index (χ2v) is 6.78. The van der Waals surface area contributed by atoms with Gasteiger partial charge in [-0.15, -0.1) is 0 Å². The zero-order chi connectivity index (χ0) is 14.4. The van der Waals surface area contributed by atoms with E-state index in [2.05, 4.69) is 18.0 Å². The predicted octanol–water partition coefficient (Wildman–Crippen LogP) is 1.41. The number of aromatic hydroxyl groups is 1. The van der Waals surface area contributed by atoms with Gasteiger partial charge in [-0.2, -0.15) is 0 Å². The highest BCUT2D eigenvalue weighted by molar-refractivity contribution is 5.98. The Labute approximate surface area is 123 Å². The summed E-state index contributed by atoms with van der Waals surface area (Å²) in [6, 6.07) is 4.13. The molecule has 3 unspecified atom stereocenters. The molecule has 1 fully saturated rings. The first-order valence-corrected chi connectivity index (χ1v) is 7.57. The molecule has 0 radical (unpaired) electrons. The van der Waals surface area contributed by atoms with E-state index in [0.717, 1.165) is 24.9 Å². The predicted molar refractivity (Wildman–Crippen MR) is 76.6 cm³/mol. The molecule has 2 aliphatic carbocycles. The molecule has 0 amide bonds. The van der Waals surface area contributed by atoms with Crippen LogP contribution in [-0.4, -0.2) is 41.5 Å². The normalized spacial score (nSPS) is 39.1. The summed E-state index contributed by atoms with van der Waals surface area (Å²) in [5.74, 6) is 1.07. The fourth-order valence-electron chi connectivity index (χ4n) is 5.08. The second-order valence-electron chi connectivity index (χ2n) is 6.78. The van der Waals surface area contributed by atoms with Crippen molar-refractivity contribution in [2.24, 2.45) is 5.92 Å². The average Bonchev–Trinajstić information content (AvgIpc) is 2.83. The summed E-state index contributed by atoms with van der Waals surface area (Å²) in [6.07, 6.45) is 5.19. The first-order valence-electron chi connectivity index (χ1n) is 7.57. The molecule has 2 aliphatic heterocycles. The van der Waals surface area contributed by atoms with Gasteiger partial charge in [0.05, 0.1) is 5.41 Å². The highest BCUT2D eigenvalue weighted by atomic mass is 16.5. The van der Waals surface area contributed by atoms with Crippen LogP contribution in [0.25, 0.3) is 0 Å². The van der Waals surface area contributed by atoms with Crippen LogP contribution in [0, 0.1) is 5.92 Å². The lowest BCUT2D eigenvalue weighted by Gasteiger charge is -2.55. The van der Waals surface area contributed by atoms with Crippen LogP contribution >= 0.6 is 0 Å². The number of nitrogens with zero attached hydrogens (tertiary/aromatic N) is 1. The quantitative estimate of drug-likeness (QED) is 0.782. The lowest BCUT2D eigenvalue weighted by molar-refractivity contribution is -0.127. The topological polar surface area (TPSA) is 49.8 Å². The molecule has 1 aromatic rings. The Bertz CT molecular complexity index is 710. The molecular weight excluding hydrogens is 266 g/mol. The number of carbonyl (C=O) groups excluding carboxylic acids is 1. The molecule has 1 saturated heterocycles. The Hall–Kier alpha value is -1.81. The van der Waals surface area contributed by atoms with E-state index in [1.165, 1.54) is 5.56 Å². The van der Waals surface area contributed by atoms with E-state index in [0.29, 0.717) is 17.7 Å². The molecule has 4 nitrogen and oxygen atoms in total. The number of likely N-dealkylation sites (tertiary alicyclic amines) is 1. The minimum Gasteiger partial charge on any atom is -0.504 e. The summed E-state index contributed by atoms with van der Waals surface area (Å²) in [5.41, 5.74) is 2.09. The maximum Gasteiger partial charge on any atom is 0.196 e. The van der Waals surface area contributed by atoms with Gasteiger partial charge in [-0.1, -0.05) is 12.1 Å². The van der Waals surface area contributed by atoms with Gasteiger partial charge in [0.25, 0.3) is 0 Å². The first-order chi connectivity index (χ1) is 10.1. The van der Waals surface area contributed by atoms with E-state index < -0.39 is 6.10 Å². The summed E-state index contributed by atoms with van der Waals surface area (Å²) in [4.78, 5) is 14.8. The van der Waals surface area contributed by atoms with Gasteiger partial charge in [-0.05, 0) is 44.1 Å². The summed E-state index contributed by atoms with van der Waals surface area (Å²) in [6.45, 7) is 0.969. The van der Waals surface area contributed by atoms with Crippen molar-refractivity contribution in [2.75, 3.05) is 13.6 Å². The zero-order valence-electron chi connectivity index (χ0n) is 11.9. The van der Waals surface area contributed by atoms with E-state index in [1.807, 2.05) is 6.07 Å². The first kappa shape index (κ1) is 11.8. The monoisotopic (exact) mass is 283 g/mol. The Balaban J connectivity index is 1.87.